The monoisotopic (exact) mass is 871 g/mol. The van der Waals surface area contributed by atoms with Gasteiger partial charge in [-0.3, -0.25) is 14.4 Å². The van der Waals surface area contributed by atoms with Crippen molar-refractivity contribution in [2.24, 2.45) is 0 Å². The summed E-state index contributed by atoms with van der Waals surface area (Å²) in [7, 11) is 0. The molecule has 6 heteroatoms. The average Bonchev–Trinajstić information content (AvgIpc) is 3.27. The highest BCUT2D eigenvalue weighted by Crippen LogP contribution is 2.15. The minimum absolute atomic E-state index is 0.0740. The molecule has 0 saturated heterocycles. The summed E-state index contributed by atoms with van der Waals surface area (Å²) in [6, 6.07) is 0. The molecule has 62 heavy (non-hydrogen) atoms. The molecule has 0 heterocycles. The van der Waals surface area contributed by atoms with E-state index in [2.05, 4.69) is 57.2 Å². The van der Waals surface area contributed by atoms with E-state index in [1.165, 1.54) is 173 Å². The normalized spacial score (nSPS) is 12.2. The second kappa shape index (κ2) is 51.3. The molecule has 0 aliphatic rings. The van der Waals surface area contributed by atoms with Crippen LogP contribution in [0.5, 0.6) is 0 Å². The molecule has 6 nitrogen and oxygen atoms in total. The highest BCUT2D eigenvalue weighted by atomic mass is 16.6. The van der Waals surface area contributed by atoms with Crippen molar-refractivity contribution in [3.8, 4) is 0 Å². The largest absolute Gasteiger partial charge is 0.462 e. The summed E-state index contributed by atoms with van der Waals surface area (Å²) in [6.07, 6.45) is 59.9. The number of unbranched alkanes of at least 4 members (excludes halogenated alkanes) is 32. The minimum Gasteiger partial charge on any atom is -0.462 e. The zero-order valence-electron chi connectivity index (χ0n) is 41.4. The first-order valence-electron chi connectivity index (χ1n) is 27.0. The number of esters is 3. The van der Waals surface area contributed by atoms with Crippen LogP contribution in [-0.2, 0) is 28.6 Å². The molecule has 0 aromatic carbocycles. The third-order valence-electron chi connectivity index (χ3n) is 11.9. The van der Waals surface area contributed by atoms with Crippen LogP contribution in [0.3, 0.4) is 0 Å². The van der Waals surface area contributed by atoms with Crippen LogP contribution in [0.1, 0.15) is 284 Å². The summed E-state index contributed by atoms with van der Waals surface area (Å²) in [5.41, 5.74) is 0. The van der Waals surface area contributed by atoms with E-state index in [0.29, 0.717) is 19.3 Å². The fourth-order valence-corrected chi connectivity index (χ4v) is 7.76. The maximum atomic E-state index is 12.8. The summed E-state index contributed by atoms with van der Waals surface area (Å²) in [5.74, 6) is -0.878. The summed E-state index contributed by atoms with van der Waals surface area (Å²) in [5, 5.41) is 0. The molecule has 0 saturated carbocycles. The van der Waals surface area contributed by atoms with Gasteiger partial charge in [0.1, 0.15) is 13.2 Å². The highest BCUT2D eigenvalue weighted by Gasteiger charge is 2.19. The van der Waals surface area contributed by atoms with Crippen molar-refractivity contribution in [3.05, 3.63) is 36.5 Å². The molecule has 0 spiro atoms. The first-order valence-corrected chi connectivity index (χ1v) is 27.0. The standard InChI is InChI=1S/C56H102O6/c1-4-7-10-13-16-19-22-24-25-26-27-28-29-30-31-33-34-37-40-43-46-49-55(58)61-52-53(51-60-54(57)48-45-42-39-36-21-18-15-12-9-6-3)62-56(59)50-47-44-41-38-35-32-23-20-17-14-11-8-5-2/h20,22-24,26-27,53H,4-19,21,25,28-52H2,1-3H3/b23-20-,24-22-,27-26-. The van der Waals surface area contributed by atoms with E-state index in [4.69, 9.17) is 14.2 Å². The fourth-order valence-electron chi connectivity index (χ4n) is 7.76. The number of carbonyl (C=O) groups is 3. The van der Waals surface area contributed by atoms with Crippen molar-refractivity contribution in [1.82, 2.24) is 0 Å². The predicted molar refractivity (Wildman–Crippen MR) is 266 cm³/mol. The van der Waals surface area contributed by atoms with E-state index in [-0.39, 0.29) is 31.1 Å². The Balaban J connectivity index is 4.27. The molecule has 0 aliphatic carbocycles. The number of hydrogen-bond acceptors (Lipinski definition) is 6. The van der Waals surface area contributed by atoms with Gasteiger partial charge < -0.3 is 14.2 Å². The molecule has 0 radical (unpaired) electrons. The molecule has 0 rings (SSSR count). The lowest BCUT2D eigenvalue weighted by Gasteiger charge is -2.18. The Morgan fingerprint density at radius 3 is 0.919 bits per heavy atom. The van der Waals surface area contributed by atoms with Crippen LogP contribution in [-0.4, -0.2) is 37.2 Å². The van der Waals surface area contributed by atoms with Crippen LogP contribution in [0.2, 0.25) is 0 Å². The van der Waals surface area contributed by atoms with E-state index in [1.807, 2.05) is 0 Å². The Bertz CT molecular complexity index is 1050. The van der Waals surface area contributed by atoms with Crippen molar-refractivity contribution in [2.45, 2.75) is 290 Å². The maximum absolute atomic E-state index is 12.8. The van der Waals surface area contributed by atoms with E-state index in [9.17, 15) is 14.4 Å². The van der Waals surface area contributed by atoms with Crippen LogP contribution in [0, 0.1) is 0 Å². The Labute approximate surface area is 385 Å². The number of rotatable bonds is 49. The quantitative estimate of drug-likeness (QED) is 0.0262. The van der Waals surface area contributed by atoms with Gasteiger partial charge in [0.25, 0.3) is 0 Å². The van der Waals surface area contributed by atoms with Gasteiger partial charge >= 0.3 is 17.9 Å². The first kappa shape index (κ1) is 59.6. The lowest BCUT2D eigenvalue weighted by molar-refractivity contribution is -0.167. The Kier molecular flexibility index (Phi) is 49.3. The van der Waals surface area contributed by atoms with E-state index in [1.54, 1.807) is 0 Å². The third-order valence-corrected chi connectivity index (χ3v) is 11.9. The topological polar surface area (TPSA) is 78.9 Å². The van der Waals surface area contributed by atoms with Gasteiger partial charge in [-0.2, -0.15) is 0 Å². The van der Waals surface area contributed by atoms with Crippen LogP contribution in [0.15, 0.2) is 36.5 Å². The summed E-state index contributed by atoms with van der Waals surface area (Å²) in [6.45, 7) is 6.61. The molecule has 362 valence electrons. The molecular formula is C56H102O6. The second-order valence-electron chi connectivity index (χ2n) is 18.1. The van der Waals surface area contributed by atoms with Gasteiger partial charge in [-0.1, -0.05) is 224 Å². The number of ether oxygens (including phenoxy) is 3. The summed E-state index contributed by atoms with van der Waals surface area (Å²) < 4.78 is 16.8. The van der Waals surface area contributed by atoms with Crippen molar-refractivity contribution in [3.63, 3.8) is 0 Å². The zero-order chi connectivity index (χ0) is 45.1. The molecule has 1 unspecified atom stereocenters. The molecule has 0 N–H and O–H groups in total. The Morgan fingerprint density at radius 2 is 0.581 bits per heavy atom. The van der Waals surface area contributed by atoms with E-state index < -0.39 is 6.10 Å². The zero-order valence-corrected chi connectivity index (χ0v) is 41.4. The molecule has 0 fully saturated rings. The van der Waals surface area contributed by atoms with Crippen molar-refractivity contribution in [1.29, 1.82) is 0 Å². The lowest BCUT2D eigenvalue weighted by atomic mass is 10.1. The highest BCUT2D eigenvalue weighted by molar-refractivity contribution is 5.71. The average molecular weight is 871 g/mol. The van der Waals surface area contributed by atoms with Crippen molar-refractivity contribution in [2.75, 3.05) is 13.2 Å². The fraction of sp³-hybridized carbons (Fsp3) is 0.839. The minimum atomic E-state index is -0.773. The van der Waals surface area contributed by atoms with Crippen LogP contribution in [0.25, 0.3) is 0 Å². The SMILES string of the molecule is CCCCCC/C=C\CCCCCCCC(=O)OC(COC(=O)CCCCCCCCCCCC)COC(=O)CCCCCCCCCCC/C=C\C/C=C\CCCCCCC. The Morgan fingerprint density at radius 1 is 0.323 bits per heavy atom. The molecular weight excluding hydrogens is 769 g/mol. The predicted octanol–water partition coefficient (Wildman–Crippen LogP) is 17.7. The van der Waals surface area contributed by atoms with Crippen molar-refractivity contribution < 1.29 is 28.6 Å². The Hall–Kier alpha value is -2.37. The number of hydrogen-bond donors (Lipinski definition) is 0. The molecule has 0 aliphatic heterocycles. The van der Waals surface area contributed by atoms with Crippen LogP contribution >= 0.6 is 0 Å². The van der Waals surface area contributed by atoms with Crippen molar-refractivity contribution >= 4 is 17.9 Å². The number of allylic oxidation sites excluding steroid dienone is 6. The third kappa shape index (κ3) is 48.7. The summed E-state index contributed by atoms with van der Waals surface area (Å²) >= 11 is 0. The first-order chi connectivity index (χ1) is 30.5. The smallest absolute Gasteiger partial charge is 0.306 e. The van der Waals surface area contributed by atoms with E-state index in [0.717, 1.165) is 70.6 Å². The second-order valence-corrected chi connectivity index (χ2v) is 18.1. The molecule has 0 amide bonds. The van der Waals surface area contributed by atoms with Gasteiger partial charge in [-0.25, -0.2) is 0 Å². The van der Waals surface area contributed by atoms with Crippen LogP contribution < -0.4 is 0 Å². The maximum Gasteiger partial charge on any atom is 0.306 e. The molecule has 0 bridgehead atoms. The van der Waals surface area contributed by atoms with Gasteiger partial charge in [0, 0.05) is 19.3 Å². The van der Waals surface area contributed by atoms with Gasteiger partial charge in [0.05, 0.1) is 0 Å². The van der Waals surface area contributed by atoms with Gasteiger partial charge in [-0.05, 0) is 77.0 Å². The molecule has 0 aromatic heterocycles. The van der Waals surface area contributed by atoms with Gasteiger partial charge in [-0.15, -0.1) is 0 Å². The van der Waals surface area contributed by atoms with E-state index >= 15 is 0 Å². The van der Waals surface area contributed by atoms with Gasteiger partial charge in [0.2, 0.25) is 0 Å². The van der Waals surface area contributed by atoms with Crippen LogP contribution in [0.4, 0.5) is 0 Å². The number of carbonyl (C=O) groups excluding carboxylic acids is 3. The summed E-state index contributed by atoms with van der Waals surface area (Å²) in [4.78, 5) is 37.9. The lowest BCUT2D eigenvalue weighted by Crippen LogP contribution is -2.30. The van der Waals surface area contributed by atoms with Gasteiger partial charge in [0.15, 0.2) is 6.10 Å². The molecule has 0 aromatic rings. The molecule has 1 atom stereocenters.